The predicted molar refractivity (Wildman–Crippen MR) is 89.0 cm³/mol. The van der Waals surface area contributed by atoms with Crippen molar-refractivity contribution in [1.82, 2.24) is 25.5 Å². The van der Waals surface area contributed by atoms with Crippen molar-refractivity contribution >= 4 is 22.9 Å². The van der Waals surface area contributed by atoms with Gasteiger partial charge < -0.3 is 5.32 Å². The number of carbonyl (C=O) groups excluding carboxylic acids is 1. The SMILES string of the molecule is CC(C)(C)NC(=O)Nc1ccc2ncc(-c3cn[nH]c3)cc2n1. The first-order valence-corrected chi connectivity index (χ1v) is 7.26. The van der Waals surface area contributed by atoms with Gasteiger partial charge in [-0.15, -0.1) is 0 Å². The van der Waals surface area contributed by atoms with E-state index in [-0.39, 0.29) is 11.6 Å². The first-order valence-electron chi connectivity index (χ1n) is 7.26. The van der Waals surface area contributed by atoms with E-state index >= 15 is 0 Å². The topological polar surface area (TPSA) is 95.6 Å². The number of nitrogens with zero attached hydrogens (tertiary/aromatic N) is 3. The lowest BCUT2D eigenvalue weighted by Crippen LogP contribution is -2.43. The third-order valence-corrected chi connectivity index (χ3v) is 3.10. The lowest BCUT2D eigenvalue weighted by Gasteiger charge is -2.20. The second kappa shape index (κ2) is 5.68. The third kappa shape index (κ3) is 3.63. The van der Waals surface area contributed by atoms with Crippen molar-refractivity contribution < 1.29 is 4.79 Å². The highest BCUT2D eigenvalue weighted by Crippen LogP contribution is 2.21. The summed E-state index contributed by atoms with van der Waals surface area (Å²) in [5, 5.41) is 12.3. The Kier molecular flexibility index (Phi) is 3.69. The first kappa shape index (κ1) is 15.0. The zero-order chi connectivity index (χ0) is 16.4. The summed E-state index contributed by atoms with van der Waals surface area (Å²) in [6.45, 7) is 5.75. The maximum atomic E-state index is 11.9. The van der Waals surface area contributed by atoms with Crippen LogP contribution in [0.25, 0.3) is 22.2 Å². The van der Waals surface area contributed by atoms with E-state index in [1.807, 2.05) is 32.9 Å². The second-order valence-electron chi connectivity index (χ2n) is 6.27. The summed E-state index contributed by atoms with van der Waals surface area (Å²) in [6, 6.07) is 5.19. The van der Waals surface area contributed by atoms with Gasteiger partial charge in [-0.25, -0.2) is 9.78 Å². The van der Waals surface area contributed by atoms with E-state index in [0.717, 1.165) is 16.6 Å². The molecule has 3 heterocycles. The van der Waals surface area contributed by atoms with Gasteiger partial charge in [-0.2, -0.15) is 5.10 Å². The standard InChI is InChI=1S/C16H18N6O/c1-16(2,3)22-15(23)21-14-5-4-12-13(20-14)6-10(7-17-12)11-8-18-19-9-11/h4-9H,1-3H3,(H,18,19)(H2,20,21,22,23). The maximum Gasteiger partial charge on any atom is 0.320 e. The number of hydrogen-bond donors (Lipinski definition) is 3. The molecule has 0 aliphatic rings. The van der Waals surface area contributed by atoms with Crippen LogP contribution in [0.4, 0.5) is 10.6 Å². The van der Waals surface area contributed by atoms with Crippen molar-refractivity contribution in [3.63, 3.8) is 0 Å². The number of carbonyl (C=O) groups is 1. The molecule has 3 N–H and O–H groups in total. The molecule has 0 atom stereocenters. The molecule has 3 rings (SSSR count). The van der Waals surface area contributed by atoms with E-state index in [1.54, 1.807) is 24.7 Å². The number of rotatable bonds is 2. The minimum atomic E-state index is -0.309. The van der Waals surface area contributed by atoms with Gasteiger partial charge in [0.2, 0.25) is 0 Å². The Hall–Kier alpha value is -2.96. The maximum absolute atomic E-state index is 11.9. The van der Waals surface area contributed by atoms with Gasteiger partial charge >= 0.3 is 6.03 Å². The lowest BCUT2D eigenvalue weighted by atomic mass is 10.1. The van der Waals surface area contributed by atoms with Crippen LogP contribution in [0.3, 0.4) is 0 Å². The molecule has 0 unspecified atom stereocenters. The number of amides is 2. The summed E-state index contributed by atoms with van der Waals surface area (Å²) in [7, 11) is 0. The number of pyridine rings is 2. The Morgan fingerprint density at radius 1 is 1.13 bits per heavy atom. The average Bonchev–Trinajstić information content (AvgIpc) is 2.98. The Labute approximate surface area is 133 Å². The van der Waals surface area contributed by atoms with Crippen LogP contribution in [-0.4, -0.2) is 31.7 Å². The molecule has 118 valence electrons. The molecule has 7 nitrogen and oxygen atoms in total. The fourth-order valence-electron chi connectivity index (χ4n) is 2.13. The number of anilines is 1. The van der Waals surface area contributed by atoms with E-state index in [2.05, 4.69) is 30.8 Å². The quantitative estimate of drug-likeness (QED) is 0.678. The van der Waals surface area contributed by atoms with Crippen LogP contribution < -0.4 is 10.6 Å². The number of urea groups is 1. The molecule has 0 aromatic carbocycles. The smallest absolute Gasteiger partial charge is 0.320 e. The number of hydrogen-bond acceptors (Lipinski definition) is 4. The third-order valence-electron chi connectivity index (χ3n) is 3.10. The van der Waals surface area contributed by atoms with Gasteiger partial charge in [-0.3, -0.25) is 15.4 Å². The number of nitrogens with one attached hydrogen (secondary N) is 3. The van der Waals surface area contributed by atoms with Crippen molar-refractivity contribution in [2.24, 2.45) is 0 Å². The molecule has 3 aromatic rings. The van der Waals surface area contributed by atoms with Crippen molar-refractivity contribution in [3.05, 3.63) is 36.8 Å². The summed E-state index contributed by atoms with van der Waals surface area (Å²) in [5.74, 6) is 0.477. The molecule has 0 aliphatic carbocycles. The van der Waals surface area contributed by atoms with Gasteiger partial charge in [0.25, 0.3) is 0 Å². The molecule has 0 saturated carbocycles. The van der Waals surface area contributed by atoms with Crippen LogP contribution in [-0.2, 0) is 0 Å². The molecule has 0 fully saturated rings. The van der Waals surface area contributed by atoms with Crippen molar-refractivity contribution in [1.29, 1.82) is 0 Å². The first-order chi connectivity index (χ1) is 10.9. The van der Waals surface area contributed by atoms with Crippen LogP contribution >= 0.6 is 0 Å². The van der Waals surface area contributed by atoms with Crippen molar-refractivity contribution in [2.75, 3.05) is 5.32 Å². The fraction of sp³-hybridized carbons (Fsp3) is 0.250. The molecule has 23 heavy (non-hydrogen) atoms. The molecular weight excluding hydrogens is 292 g/mol. The monoisotopic (exact) mass is 310 g/mol. The van der Waals surface area contributed by atoms with Gasteiger partial charge in [0.1, 0.15) is 5.82 Å². The highest BCUT2D eigenvalue weighted by atomic mass is 16.2. The summed E-state index contributed by atoms with van der Waals surface area (Å²) >= 11 is 0. The van der Waals surface area contributed by atoms with Gasteiger partial charge in [-0.05, 0) is 39.0 Å². The van der Waals surface area contributed by atoms with Gasteiger partial charge in [0, 0.05) is 29.1 Å². The van der Waals surface area contributed by atoms with Gasteiger partial charge in [-0.1, -0.05) is 0 Å². The number of H-pyrrole nitrogens is 1. The molecule has 0 saturated heterocycles. The summed E-state index contributed by atoms with van der Waals surface area (Å²) < 4.78 is 0. The zero-order valence-corrected chi connectivity index (χ0v) is 13.2. The van der Waals surface area contributed by atoms with E-state index < -0.39 is 0 Å². The Balaban J connectivity index is 1.87. The number of aromatic amines is 1. The van der Waals surface area contributed by atoms with Crippen LogP contribution in [0.1, 0.15) is 20.8 Å². The van der Waals surface area contributed by atoms with Gasteiger partial charge in [0.05, 0.1) is 17.2 Å². The molecule has 0 spiro atoms. The summed E-state index contributed by atoms with van der Waals surface area (Å²) in [5.41, 5.74) is 3.01. The highest BCUT2D eigenvalue weighted by Gasteiger charge is 2.14. The normalized spacial score (nSPS) is 11.4. The zero-order valence-electron chi connectivity index (χ0n) is 13.2. The molecule has 7 heteroatoms. The largest absolute Gasteiger partial charge is 0.333 e. The Morgan fingerprint density at radius 2 is 1.96 bits per heavy atom. The molecular formula is C16H18N6O. The Bertz CT molecular complexity index is 835. The molecule has 0 bridgehead atoms. The van der Waals surface area contributed by atoms with Crippen molar-refractivity contribution in [3.8, 4) is 11.1 Å². The fourth-order valence-corrected chi connectivity index (χ4v) is 2.13. The van der Waals surface area contributed by atoms with Crippen LogP contribution in [0.15, 0.2) is 36.8 Å². The van der Waals surface area contributed by atoms with Gasteiger partial charge in [0.15, 0.2) is 0 Å². The van der Waals surface area contributed by atoms with E-state index in [1.165, 1.54) is 0 Å². The predicted octanol–water partition coefficient (Wildman–Crippen LogP) is 2.94. The molecule has 0 aliphatic heterocycles. The number of fused-ring (bicyclic) bond motifs is 1. The molecule has 3 aromatic heterocycles. The second-order valence-corrected chi connectivity index (χ2v) is 6.27. The summed E-state index contributed by atoms with van der Waals surface area (Å²) in [4.78, 5) is 20.8. The summed E-state index contributed by atoms with van der Waals surface area (Å²) in [6.07, 6.45) is 5.29. The minimum absolute atomic E-state index is 0.289. The Morgan fingerprint density at radius 3 is 2.65 bits per heavy atom. The van der Waals surface area contributed by atoms with E-state index in [4.69, 9.17) is 0 Å². The van der Waals surface area contributed by atoms with Crippen molar-refractivity contribution in [2.45, 2.75) is 26.3 Å². The average molecular weight is 310 g/mol. The minimum Gasteiger partial charge on any atom is -0.333 e. The van der Waals surface area contributed by atoms with E-state index in [9.17, 15) is 4.79 Å². The molecule has 0 radical (unpaired) electrons. The lowest BCUT2D eigenvalue weighted by molar-refractivity contribution is 0.243. The van der Waals surface area contributed by atoms with Crippen LogP contribution in [0.2, 0.25) is 0 Å². The van der Waals surface area contributed by atoms with Crippen LogP contribution in [0, 0.1) is 0 Å². The van der Waals surface area contributed by atoms with Crippen LogP contribution in [0.5, 0.6) is 0 Å². The highest BCUT2D eigenvalue weighted by molar-refractivity contribution is 5.90. The number of aromatic nitrogens is 4. The van der Waals surface area contributed by atoms with E-state index in [0.29, 0.717) is 11.3 Å². The molecule has 2 amide bonds.